The second-order valence-electron chi connectivity index (χ2n) is 7.67. The van der Waals surface area contributed by atoms with Crippen LogP contribution in [-0.4, -0.2) is 60.4 Å². The zero-order chi connectivity index (χ0) is 20.4. The molecule has 1 aromatic carbocycles. The van der Waals surface area contributed by atoms with Crippen LogP contribution in [0.2, 0.25) is 0 Å². The summed E-state index contributed by atoms with van der Waals surface area (Å²) in [5.74, 6) is 2.30. The van der Waals surface area contributed by atoms with Gasteiger partial charge in [-0.3, -0.25) is 4.79 Å². The number of aliphatic hydroxyl groups excluding tert-OH is 1. The topological polar surface area (TPSA) is 81.1 Å². The van der Waals surface area contributed by atoms with Crippen LogP contribution in [0, 0.1) is 11.8 Å². The second-order valence-corrected chi connectivity index (χ2v) is 7.67. The fourth-order valence-electron chi connectivity index (χ4n) is 4.37. The number of amides is 1. The molecular formula is C22H26N2O5. The zero-order valence-electron chi connectivity index (χ0n) is 16.7. The number of hydrogen-bond donors (Lipinski definition) is 1. The van der Waals surface area contributed by atoms with Gasteiger partial charge >= 0.3 is 0 Å². The third kappa shape index (κ3) is 4.00. The van der Waals surface area contributed by atoms with Gasteiger partial charge in [0, 0.05) is 25.4 Å². The highest BCUT2D eigenvalue weighted by Crippen LogP contribution is 2.39. The van der Waals surface area contributed by atoms with Crippen LogP contribution in [0.25, 0.3) is 0 Å². The van der Waals surface area contributed by atoms with Gasteiger partial charge in [0.1, 0.15) is 6.10 Å². The predicted octanol–water partition coefficient (Wildman–Crippen LogP) is 2.39. The number of nitrogens with zero attached hydrogens (tertiary/aromatic N) is 2. The second kappa shape index (κ2) is 8.29. The molecule has 1 amide bonds. The van der Waals surface area contributed by atoms with Gasteiger partial charge in [0.05, 0.1) is 25.9 Å². The van der Waals surface area contributed by atoms with E-state index in [1.165, 1.54) is 0 Å². The number of para-hydroxylation sites is 2. The fourth-order valence-corrected chi connectivity index (χ4v) is 4.37. The van der Waals surface area contributed by atoms with Crippen LogP contribution in [0.15, 0.2) is 42.6 Å². The van der Waals surface area contributed by atoms with E-state index in [0.29, 0.717) is 54.8 Å². The number of likely N-dealkylation sites (tertiary alicyclic amines) is 1. The number of benzene rings is 1. The maximum atomic E-state index is 12.9. The summed E-state index contributed by atoms with van der Waals surface area (Å²) in [5, 5.41) is 10.6. The molecule has 0 spiro atoms. The van der Waals surface area contributed by atoms with Gasteiger partial charge in [-0.2, -0.15) is 0 Å². The van der Waals surface area contributed by atoms with Crippen molar-refractivity contribution in [1.82, 2.24) is 9.88 Å². The Morgan fingerprint density at radius 1 is 1.03 bits per heavy atom. The Labute approximate surface area is 170 Å². The monoisotopic (exact) mass is 398 g/mol. The molecule has 1 aromatic heterocycles. The standard InChI is InChI=1S/C22H26N2O5/c1-27-18-5-3-4-6-19(18)29-20-10-16-13-24(12-15(16)9-17(20)25)22(26)14-7-8-21(28-2)23-11-14/h3-8,11,15-17,20,25H,9-10,12-13H2,1-2H3/t15-,16+,17+,20+/m0/s1. The Bertz CT molecular complexity index is 857. The van der Waals surface area contributed by atoms with Gasteiger partial charge < -0.3 is 24.2 Å². The Balaban J connectivity index is 1.42. The van der Waals surface area contributed by atoms with E-state index in [2.05, 4.69) is 4.98 Å². The van der Waals surface area contributed by atoms with Crippen LogP contribution >= 0.6 is 0 Å². The van der Waals surface area contributed by atoms with Gasteiger partial charge in [0.25, 0.3) is 5.91 Å². The smallest absolute Gasteiger partial charge is 0.255 e. The fraction of sp³-hybridized carbons (Fsp3) is 0.455. The van der Waals surface area contributed by atoms with Crippen molar-refractivity contribution in [2.24, 2.45) is 11.8 Å². The van der Waals surface area contributed by atoms with Crippen LogP contribution in [-0.2, 0) is 0 Å². The lowest BCUT2D eigenvalue weighted by molar-refractivity contribution is -0.0240. The lowest BCUT2D eigenvalue weighted by Crippen LogP contribution is -2.42. The van der Waals surface area contributed by atoms with E-state index in [1.54, 1.807) is 32.5 Å². The molecule has 7 heteroatoms. The Morgan fingerprint density at radius 3 is 2.41 bits per heavy atom. The summed E-state index contributed by atoms with van der Waals surface area (Å²) < 4.78 is 16.5. The molecule has 7 nitrogen and oxygen atoms in total. The number of hydrogen-bond acceptors (Lipinski definition) is 6. The van der Waals surface area contributed by atoms with Gasteiger partial charge in [0.2, 0.25) is 5.88 Å². The normalized spacial score (nSPS) is 26.0. The van der Waals surface area contributed by atoms with Gasteiger partial charge in [-0.25, -0.2) is 4.98 Å². The SMILES string of the molecule is COc1ccc(C(=O)N2C[C@H]3C[C@@H](Oc4ccccc4OC)[C@H](O)C[C@H]3C2)cn1. The first-order chi connectivity index (χ1) is 14.1. The van der Waals surface area contributed by atoms with E-state index in [9.17, 15) is 9.90 Å². The molecule has 2 aliphatic rings. The van der Waals surface area contributed by atoms with Crippen LogP contribution in [0.1, 0.15) is 23.2 Å². The number of aliphatic hydroxyl groups is 1. The molecule has 2 heterocycles. The summed E-state index contributed by atoms with van der Waals surface area (Å²) in [6.45, 7) is 1.31. The Morgan fingerprint density at radius 2 is 1.76 bits per heavy atom. The summed E-state index contributed by atoms with van der Waals surface area (Å²) in [6, 6.07) is 10.9. The lowest BCUT2D eigenvalue weighted by Gasteiger charge is -2.35. The third-order valence-electron chi connectivity index (χ3n) is 5.91. The predicted molar refractivity (Wildman–Crippen MR) is 106 cm³/mol. The van der Waals surface area contributed by atoms with Crippen molar-refractivity contribution < 1.29 is 24.1 Å². The quantitative estimate of drug-likeness (QED) is 0.833. The number of methoxy groups -OCH3 is 2. The van der Waals surface area contributed by atoms with E-state index < -0.39 is 6.10 Å². The molecule has 4 rings (SSSR count). The summed E-state index contributed by atoms with van der Waals surface area (Å²) in [6.07, 6.45) is 1.99. The summed E-state index contributed by atoms with van der Waals surface area (Å²) in [7, 11) is 3.15. The molecule has 0 bridgehead atoms. The van der Waals surface area contributed by atoms with Gasteiger partial charge in [-0.1, -0.05) is 12.1 Å². The number of ether oxygens (including phenoxy) is 3. The van der Waals surface area contributed by atoms with Crippen molar-refractivity contribution in [3.8, 4) is 17.4 Å². The molecule has 29 heavy (non-hydrogen) atoms. The van der Waals surface area contributed by atoms with Gasteiger partial charge in [-0.15, -0.1) is 0 Å². The molecule has 4 atom stereocenters. The molecule has 1 saturated heterocycles. The van der Waals surface area contributed by atoms with Crippen molar-refractivity contribution in [2.45, 2.75) is 25.0 Å². The molecule has 1 N–H and O–H groups in total. The van der Waals surface area contributed by atoms with E-state index >= 15 is 0 Å². The molecule has 2 fully saturated rings. The average Bonchev–Trinajstić information content (AvgIpc) is 3.16. The van der Waals surface area contributed by atoms with Crippen molar-refractivity contribution in [2.75, 3.05) is 27.3 Å². The highest BCUT2D eigenvalue weighted by Gasteiger charge is 2.44. The summed E-state index contributed by atoms with van der Waals surface area (Å²) >= 11 is 0. The van der Waals surface area contributed by atoms with E-state index in [-0.39, 0.29) is 17.9 Å². The number of fused-ring (bicyclic) bond motifs is 1. The summed E-state index contributed by atoms with van der Waals surface area (Å²) in [5.41, 5.74) is 0.548. The minimum absolute atomic E-state index is 0.0359. The molecule has 0 unspecified atom stereocenters. The number of carbonyl (C=O) groups excluding carboxylic acids is 1. The van der Waals surface area contributed by atoms with Gasteiger partial charge in [0.15, 0.2) is 11.5 Å². The molecule has 154 valence electrons. The maximum Gasteiger partial charge on any atom is 0.255 e. The third-order valence-corrected chi connectivity index (χ3v) is 5.91. The van der Waals surface area contributed by atoms with E-state index in [1.807, 2.05) is 29.2 Å². The highest BCUT2D eigenvalue weighted by molar-refractivity contribution is 5.94. The largest absolute Gasteiger partial charge is 0.493 e. The minimum atomic E-state index is -0.570. The Hall–Kier alpha value is -2.80. The van der Waals surface area contributed by atoms with Gasteiger partial charge in [-0.05, 0) is 42.9 Å². The van der Waals surface area contributed by atoms with Crippen molar-refractivity contribution >= 4 is 5.91 Å². The van der Waals surface area contributed by atoms with Crippen LogP contribution in [0.3, 0.4) is 0 Å². The van der Waals surface area contributed by atoms with E-state index in [4.69, 9.17) is 14.2 Å². The maximum absolute atomic E-state index is 12.9. The van der Waals surface area contributed by atoms with Crippen molar-refractivity contribution in [3.63, 3.8) is 0 Å². The zero-order valence-corrected chi connectivity index (χ0v) is 16.7. The molecular weight excluding hydrogens is 372 g/mol. The molecule has 1 saturated carbocycles. The molecule has 0 radical (unpaired) electrons. The van der Waals surface area contributed by atoms with Crippen LogP contribution in [0.5, 0.6) is 17.4 Å². The van der Waals surface area contributed by atoms with E-state index in [0.717, 1.165) is 0 Å². The van der Waals surface area contributed by atoms with Crippen LogP contribution < -0.4 is 14.2 Å². The summed E-state index contributed by atoms with van der Waals surface area (Å²) in [4.78, 5) is 18.8. The molecule has 1 aliphatic carbocycles. The number of carbonyl (C=O) groups is 1. The first-order valence-electron chi connectivity index (χ1n) is 9.86. The molecule has 2 aromatic rings. The molecule has 1 aliphatic heterocycles. The minimum Gasteiger partial charge on any atom is -0.493 e. The van der Waals surface area contributed by atoms with Crippen molar-refractivity contribution in [1.29, 1.82) is 0 Å². The first kappa shape index (κ1) is 19.5. The first-order valence-corrected chi connectivity index (χ1v) is 9.86. The van der Waals surface area contributed by atoms with Crippen LogP contribution in [0.4, 0.5) is 0 Å². The van der Waals surface area contributed by atoms with Crippen molar-refractivity contribution in [3.05, 3.63) is 48.2 Å². The highest BCUT2D eigenvalue weighted by atomic mass is 16.5. The number of pyridine rings is 1. The lowest BCUT2D eigenvalue weighted by atomic mass is 9.78. The Kier molecular flexibility index (Phi) is 5.58. The number of aromatic nitrogens is 1. The average molecular weight is 398 g/mol. The number of rotatable bonds is 5.